The molecule has 108 valence electrons. The van der Waals surface area contributed by atoms with Gasteiger partial charge >= 0.3 is 0 Å². The highest BCUT2D eigenvalue weighted by Crippen LogP contribution is 2.37. The van der Waals surface area contributed by atoms with Gasteiger partial charge in [-0.3, -0.25) is 0 Å². The van der Waals surface area contributed by atoms with Gasteiger partial charge in [-0.1, -0.05) is 92.0 Å². The third-order valence-corrected chi connectivity index (χ3v) is 4.87. The van der Waals surface area contributed by atoms with Crippen molar-refractivity contribution in [3.63, 3.8) is 0 Å². The molecule has 0 fully saturated rings. The Balaban J connectivity index is 0.00000144. The van der Waals surface area contributed by atoms with Gasteiger partial charge in [0.05, 0.1) is 0 Å². The Morgan fingerprint density at radius 1 is 0.455 bits per heavy atom. The maximum Gasteiger partial charge on any atom is 0.0201 e. The Labute approximate surface area is 135 Å². The molecule has 4 aromatic carbocycles. The maximum atomic E-state index is 2.20. The minimum Gasteiger partial charge on any atom is -0.0888 e. The van der Waals surface area contributed by atoms with E-state index in [1.54, 1.807) is 0 Å². The highest BCUT2D eigenvalue weighted by molar-refractivity contribution is 7.99. The number of fused-ring (bicyclic) bond motifs is 2. The summed E-state index contributed by atoms with van der Waals surface area (Å²) in [6, 6.07) is 30.1. The largest absolute Gasteiger partial charge is 0.0888 e. The predicted octanol–water partition coefficient (Wildman–Crippen LogP) is 6.78. The molecule has 4 aromatic rings. The quantitative estimate of drug-likeness (QED) is 0.393. The van der Waals surface area contributed by atoms with Crippen molar-refractivity contribution in [2.45, 2.75) is 17.2 Å². The van der Waals surface area contributed by atoms with Gasteiger partial charge in [0.25, 0.3) is 0 Å². The Bertz CT molecular complexity index is 837. The van der Waals surface area contributed by atoms with Crippen LogP contribution in [0.25, 0.3) is 21.5 Å². The van der Waals surface area contributed by atoms with Crippen molar-refractivity contribution < 1.29 is 0 Å². The molecule has 4 rings (SSSR count). The van der Waals surface area contributed by atoms with Gasteiger partial charge in [-0.05, 0) is 33.7 Å². The van der Waals surface area contributed by atoms with Crippen LogP contribution < -0.4 is 0 Å². The second kappa shape index (κ2) is 6.25. The molecule has 0 spiro atoms. The fourth-order valence-corrected chi connectivity index (χ4v) is 3.81. The van der Waals surface area contributed by atoms with Gasteiger partial charge in [-0.25, -0.2) is 0 Å². The lowest BCUT2D eigenvalue weighted by Crippen LogP contribution is -1.80. The summed E-state index contributed by atoms with van der Waals surface area (Å²) in [5, 5.41) is 5.22. The van der Waals surface area contributed by atoms with Gasteiger partial charge in [0, 0.05) is 9.79 Å². The van der Waals surface area contributed by atoms with Crippen LogP contribution in [0, 0.1) is 0 Å². The SMILES string of the molecule is C.c1ccc2c(Sc3cccc4ccccc34)cccc2c1. The van der Waals surface area contributed by atoms with E-state index in [4.69, 9.17) is 0 Å². The second-order valence-electron chi connectivity index (χ2n) is 5.06. The van der Waals surface area contributed by atoms with Gasteiger partial charge < -0.3 is 0 Å². The van der Waals surface area contributed by atoms with E-state index in [1.165, 1.54) is 31.3 Å². The van der Waals surface area contributed by atoms with E-state index in [-0.39, 0.29) is 7.43 Å². The summed E-state index contributed by atoms with van der Waals surface area (Å²) in [6.45, 7) is 0. The highest BCUT2D eigenvalue weighted by Gasteiger charge is 2.05. The molecular weight excluding hydrogens is 284 g/mol. The summed E-state index contributed by atoms with van der Waals surface area (Å²) in [7, 11) is 0. The number of rotatable bonds is 2. The molecule has 0 unspecified atom stereocenters. The zero-order chi connectivity index (χ0) is 14.1. The standard InChI is InChI=1S/C20H14S.CH4/c1-3-11-17-15(7-1)9-5-13-19(17)21-20-14-6-10-16-8-2-4-12-18(16)20;/h1-14H;1H4. The first-order valence-corrected chi connectivity index (χ1v) is 7.87. The Morgan fingerprint density at radius 2 is 0.864 bits per heavy atom. The molecule has 0 aliphatic heterocycles. The average Bonchev–Trinajstić information content (AvgIpc) is 2.56. The van der Waals surface area contributed by atoms with E-state index in [2.05, 4.69) is 84.9 Å². The molecule has 0 bridgehead atoms. The van der Waals surface area contributed by atoms with E-state index >= 15 is 0 Å². The van der Waals surface area contributed by atoms with Crippen molar-refractivity contribution in [1.82, 2.24) is 0 Å². The molecule has 1 heteroatoms. The smallest absolute Gasteiger partial charge is 0.0201 e. The molecular formula is C21H18S. The van der Waals surface area contributed by atoms with E-state index < -0.39 is 0 Å². The lowest BCUT2D eigenvalue weighted by Gasteiger charge is -2.09. The average molecular weight is 302 g/mol. The number of benzene rings is 4. The van der Waals surface area contributed by atoms with Crippen molar-refractivity contribution >= 4 is 33.3 Å². The first-order chi connectivity index (χ1) is 10.4. The van der Waals surface area contributed by atoms with Crippen LogP contribution in [0.3, 0.4) is 0 Å². The summed E-state index contributed by atoms with van der Waals surface area (Å²) >= 11 is 1.85. The van der Waals surface area contributed by atoms with Crippen LogP contribution in [0.15, 0.2) is 94.7 Å². The first-order valence-electron chi connectivity index (χ1n) is 7.05. The van der Waals surface area contributed by atoms with Crippen molar-refractivity contribution in [3.05, 3.63) is 84.9 Å². The van der Waals surface area contributed by atoms with Crippen LogP contribution >= 0.6 is 11.8 Å². The third kappa shape index (κ3) is 2.60. The number of hydrogen-bond donors (Lipinski definition) is 0. The Morgan fingerprint density at radius 3 is 1.36 bits per heavy atom. The van der Waals surface area contributed by atoms with Crippen molar-refractivity contribution in [2.24, 2.45) is 0 Å². The minimum atomic E-state index is 0. The van der Waals surface area contributed by atoms with Crippen LogP contribution in [0.4, 0.5) is 0 Å². The maximum absolute atomic E-state index is 2.20. The fourth-order valence-electron chi connectivity index (χ4n) is 2.69. The zero-order valence-corrected chi connectivity index (χ0v) is 12.3. The van der Waals surface area contributed by atoms with Crippen molar-refractivity contribution in [3.8, 4) is 0 Å². The summed E-state index contributed by atoms with van der Waals surface area (Å²) < 4.78 is 0. The number of hydrogen-bond acceptors (Lipinski definition) is 1. The molecule has 0 atom stereocenters. The highest BCUT2D eigenvalue weighted by atomic mass is 32.2. The van der Waals surface area contributed by atoms with Crippen LogP contribution in [0.2, 0.25) is 0 Å². The normalized spacial score (nSPS) is 10.5. The summed E-state index contributed by atoms with van der Waals surface area (Å²) in [4.78, 5) is 2.62. The molecule has 0 N–H and O–H groups in total. The molecule has 22 heavy (non-hydrogen) atoms. The van der Waals surface area contributed by atoms with Crippen LogP contribution in [0.1, 0.15) is 7.43 Å². The molecule has 0 heterocycles. The monoisotopic (exact) mass is 302 g/mol. The van der Waals surface area contributed by atoms with E-state index in [0.717, 1.165) is 0 Å². The van der Waals surface area contributed by atoms with Crippen LogP contribution in [0.5, 0.6) is 0 Å². The second-order valence-corrected chi connectivity index (χ2v) is 6.14. The van der Waals surface area contributed by atoms with Crippen LogP contribution in [-0.2, 0) is 0 Å². The molecule has 0 aromatic heterocycles. The van der Waals surface area contributed by atoms with Gasteiger partial charge in [0.1, 0.15) is 0 Å². The van der Waals surface area contributed by atoms with Gasteiger partial charge in [0.15, 0.2) is 0 Å². The van der Waals surface area contributed by atoms with E-state index in [0.29, 0.717) is 0 Å². The van der Waals surface area contributed by atoms with Crippen LogP contribution in [-0.4, -0.2) is 0 Å². The van der Waals surface area contributed by atoms with E-state index in [1.807, 2.05) is 11.8 Å². The summed E-state index contributed by atoms with van der Waals surface area (Å²) in [5.74, 6) is 0. The molecule has 0 radical (unpaired) electrons. The first kappa shape index (κ1) is 14.7. The van der Waals surface area contributed by atoms with Gasteiger partial charge in [0.2, 0.25) is 0 Å². The van der Waals surface area contributed by atoms with E-state index in [9.17, 15) is 0 Å². The summed E-state index contributed by atoms with van der Waals surface area (Å²) in [5.41, 5.74) is 0. The predicted molar refractivity (Wildman–Crippen MR) is 98.8 cm³/mol. The van der Waals surface area contributed by atoms with Gasteiger partial charge in [-0.2, -0.15) is 0 Å². The fraction of sp³-hybridized carbons (Fsp3) is 0.0476. The minimum absolute atomic E-state index is 0. The Kier molecular flexibility index (Phi) is 4.17. The van der Waals surface area contributed by atoms with Gasteiger partial charge in [-0.15, -0.1) is 0 Å². The zero-order valence-electron chi connectivity index (χ0n) is 11.5. The molecule has 0 saturated heterocycles. The molecule has 0 nitrogen and oxygen atoms in total. The van der Waals surface area contributed by atoms with Crippen molar-refractivity contribution in [1.29, 1.82) is 0 Å². The lowest BCUT2D eigenvalue weighted by atomic mass is 10.1. The topological polar surface area (TPSA) is 0 Å². The Hall–Kier alpha value is -2.25. The molecule has 0 aliphatic rings. The lowest BCUT2D eigenvalue weighted by molar-refractivity contribution is 1.49. The third-order valence-electron chi connectivity index (χ3n) is 3.72. The summed E-state index contributed by atoms with van der Waals surface area (Å²) in [6.07, 6.45) is 0. The van der Waals surface area contributed by atoms with Crippen molar-refractivity contribution in [2.75, 3.05) is 0 Å². The molecule has 0 aliphatic carbocycles. The molecule has 0 saturated carbocycles. The molecule has 0 amide bonds.